The number of ether oxygens (including phenoxy) is 4. The van der Waals surface area contributed by atoms with E-state index in [0.717, 1.165) is 0 Å². The minimum atomic E-state index is -1.19. The number of nitrogens with zero attached hydrogens (tertiary/aromatic N) is 1. The van der Waals surface area contributed by atoms with Gasteiger partial charge in [0.25, 0.3) is 5.91 Å². The molecular weight excluding hydrogens is 548 g/mol. The molecule has 11 nitrogen and oxygen atoms in total. The maximum absolute atomic E-state index is 13.1. The van der Waals surface area contributed by atoms with Gasteiger partial charge in [0.05, 0.1) is 37.0 Å². The summed E-state index contributed by atoms with van der Waals surface area (Å²) in [4.78, 5) is 63.1. The van der Waals surface area contributed by atoms with Crippen LogP contribution in [0.4, 0.5) is 0 Å². The molecule has 35 heavy (non-hydrogen) atoms. The Morgan fingerprint density at radius 2 is 1.89 bits per heavy atom. The lowest BCUT2D eigenvalue weighted by Crippen LogP contribution is -2.70. The second kappa shape index (κ2) is 12.8. The molecule has 1 N–H and O–H groups in total. The first-order valence-corrected chi connectivity index (χ1v) is 13.1. The van der Waals surface area contributed by atoms with Crippen LogP contribution < -0.4 is 5.32 Å². The third-order valence-electron chi connectivity index (χ3n) is 4.93. The average molecular weight is 579 g/mol. The van der Waals surface area contributed by atoms with Crippen LogP contribution in [0.25, 0.3) is 0 Å². The van der Waals surface area contributed by atoms with Crippen LogP contribution in [0.5, 0.6) is 0 Å². The number of hydrogen-bond acceptors (Lipinski definition) is 10. The van der Waals surface area contributed by atoms with Crippen molar-refractivity contribution in [2.45, 2.75) is 51.8 Å². The smallest absolute Gasteiger partial charge is 0.358 e. The summed E-state index contributed by atoms with van der Waals surface area (Å²) in [6, 6.07) is -0.884. The van der Waals surface area contributed by atoms with Crippen molar-refractivity contribution >= 4 is 57.2 Å². The summed E-state index contributed by atoms with van der Waals surface area (Å²) < 4.78 is 21.1. The molecule has 0 spiro atoms. The first-order valence-electron chi connectivity index (χ1n) is 10.9. The third-order valence-corrected chi connectivity index (χ3v) is 6.90. The van der Waals surface area contributed by atoms with Gasteiger partial charge in [0.1, 0.15) is 17.1 Å². The van der Waals surface area contributed by atoms with Gasteiger partial charge in [0, 0.05) is 19.8 Å². The normalized spacial score (nSPS) is 20.5. The van der Waals surface area contributed by atoms with Crippen LogP contribution in [0.15, 0.2) is 11.3 Å². The van der Waals surface area contributed by atoms with Gasteiger partial charge >= 0.3 is 11.9 Å². The van der Waals surface area contributed by atoms with Gasteiger partial charge < -0.3 is 24.3 Å². The van der Waals surface area contributed by atoms with Gasteiger partial charge in [-0.1, -0.05) is 15.9 Å². The SMILES string of the molecule is COCCOCC1=C(C(=O)OC(C)OC(=O)C(C)(C)C)N2C(=O)C(NC(=O)CC(=O)CBr)[C@H]2SC1. The molecule has 0 aromatic carbocycles. The summed E-state index contributed by atoms with van der Waals surface area (Å²) in [6.45, 7) is 7.12. The largest absolute Gasteiger partial charge is 0.425 e. The van der Waals surface area contributed by atoms with E-state index in [1.165, 1.54) is 30.7 Å². The fourth-order valence-corrected chi connectivity index (χ4v) is 4.65. The zero-order valence-corrected chi connectivity index (χ0v) is 22.8. The predicted molar refractivity (Wildman–Crippen MR) is 129 cm³/mol. The Hall–Kier alpha value is -1.96. The predicted octanol–water partition coefficient (Wildman–Crippen LogP) is 1.14. The van der Waals surface area contributed by atoms with E-state index >= 15 is 0 Å². The molecule has 0 saturated carbocycles. The molecule has 13 heteroatoms. The molecule has 196 valence electrons. The summed E-state index contributed by atoms with van der Waals surface area (Å²) in [7, 11) is 1.53. The number of alkyl halides is 1. The molecule has 2 aliphatic rings. The van der Waals surface area contributed by atoms with Crippen molar-refractivity contribution < 1.29 is 42.9 Å². The highest BCUT2D eigenvalue weighted by Gasteiger charge is 2.54. The molecular formula is C22H31BrN2O9S. The summed E-state index contributed by atoms with van der Waals surface area (Å²) in [5.74, 6) is -2.45. The number of hydrogen-bond donors (Lipinski definition) is 1. The molecule has 2 rings (SSSR count). The number of methoxy groups -OCH3 is 1. The minimum Gasteiger partial charge on any atom is -0.425 e. The zero-order chi connectivity index (χ0) is 26.3. The topological polar surface area (TPSA) is 138 Å². The molecule has 2 heterocycles. The fraction of sp³-hybridized carbons (Fsp3) is 0.682. The van der Waals surface area contributed by atoms with Crippen LogP contribution in [0.1, 0.15) is 34.1 Å². The van der Waals surface area contributed by atoms with Crippen LogP contribution >= 0.6 is 27.7 Å². The maximum atomic E-state index is 13.1. The number of rotatable bonds is 12. The molecule has 0 bridgehead atoms. The number of carbonyl (C=O) groups excluding carboxylic acids is 5. The van der Waals surface area contributed by atoms with E-state index in [2.05, 4.69) is 21.2 Å². The summed E-state index contributed by atoms with van der Waals surface area (Å²) >= 11 is 4.35. The molecule has 3 atom stereocenters. The number of Topliss-reactive ketones (excluding diaryl/α,β-unsaturated/α-hetero) is 1. The van der Waals surface area contributed by atoms with Crippen molar-refractivity contribution in [1.82, 2.24) is 10.2 Å². The number of amides is 2. The van der Waals surface area contributed by atoms with Gasteiger partial charge in [-0.3, -0.25) is 24.1 Å². The molecule has 0 aliphatic carbocycles. The standard InChI is InChI=1S/C22H31BrN2O9S/c1-12(34-21(30)22(2,3)4)33-20(29)17-13(10-32-7-6-31-5)11-35-19-16(18(28)25(17)19)24-15(27)8-14(26)9-23/h12,16,19H,6-11H2,1-5H3,(H,24,27)/t12?,16?,19-/m1/s1. The second-order valence-corrected chi connectivity index (χ2v) is 10.6. The molecule has 1 saturated heterocycles. The van der Waals surface area contributed by atoms with Crippen molar-refractivity contribution in [3.05, 3.63) is 11.3 Å². The number of halogens is 1. The van der Waals surface area contributed by atoms with Crippen LogP contribution in [0.3, 0.4) is 0 Å². The Balaban J connectivity index is 2.17. The molecule has 1 fully saturated rings. The second-order valence-electron chi connectivity index (χ2n) is 8.93. The van der Waals surface area contributed by atoms with Gasteiger partial charge in [-0.2, -0.15) is 0 Å². The number of fused-ring (bicyclic) bond motifs is 1. The van der Waals surface area contributed by atoms with E-state index < -0.39 is 46.9 Å². The Morgan fingerprint density at radius 1 is 1.20 bits per heavy atom. The van der Waals surface area contributed by atoms with Crippen molar-refractivity contribution in [2.24, 2.45) is 5.41 Å². The van der Waals surface area contributed by atoms with E-state index in [1.807, 2.05) is 0 Å². The number of nitrogens with one attached hydrogen (secondary N) is 1. The first-order chi connectivity index (χ1) is 16.4. The highest BCUT2D eigenvalue weighted by Crippen LogP contribution is 2.41. The third kappa shape index (κ3) is 7.76. The van der Waals surface area contributed by atoms with Gasteiger partial charge in [0.2, 0.25) is 12.2 Å². The van der Waals surface area contributed by atoms with E-state index in [-0.39, 0.29) is 36.4 Å². The van der Waals surface area contributed by atoms with Gasteiger partial charge in [-0.05, 0) is 26.3 Å². The highest BCUT2D eigenvalue weighted by molar-refractivity contribution is 9.09. The van der Waals surface area contributed by atoms with Crippen molar-refractivity contribution in [3.8, 4) is 0 Å². The van der Waals surface area contributed by atoms with Crippen molar-refractivity contribution in [2.75, 3.05) is 38.0 Å². The Kier molecular flexibility index (Phi) is 10.7. The van der Waals surface area contributed by atoms with Gasteiger partial charge in [-0.25, -0.2) is 4.79 Å². The van der Waals surface area contributed by atoms with Crippen LogP contribution in [-0.4, -0.2) is 90.2 Å². The molecule has 2 amide bonds. The van der Waals surface area contributed by atoms with Gasteiger partial charge in [-0.15, -0.1) is 11.8 Å². The monoisotopic (exact) mass is 578 g/mol. The Bertz CT molecular complexity index is 887. The molecule has 0 radical (unpaired) electrons. The van der Waals surface area contributed by atoms with Crippen LogP contribution in [-0.2, 0) is 42.9 Å². The summed E-state index contributed by atoms with van der Waals surface area (Å²) in [6.07, 6.45) is -1.54. The minimum absolute atomic E-state index is 0.00291. The number of esters is 2. The quantitative estimate of drug-likeness (QED) is 0.0895. The number of carbonyl (C=O) groups is 5. The van der Waals surface area contributed by atoms with E-state index in [9.17, 15) is 24.0 Å². The molecule has 2 unspecified atom stereocenters. The van der Waals surface area contributed by atoms with Crippen molar-refractivity contribution in [3.63, 3.8) is 0 Å². The average Bonchev–Trinajstić information content (AvgIpc) is 2.78. The van der Waals surface area contributed by atoms with E-state index in [4.69, 9.17) is 18.9 Å². The lowest BCUT2D eigenvalue weighted by Gasteiger charge is -2.49. The lowest BCUT2D eigenvalue weighted by molar-refractivity contribution is -0.190. The lowest BCUT2D eigenvalue weighted by atomic mass is 9.97. The first kappa shape index (κ1) is 29.3. The zero-order valence-electron chi connectivity index (χ0n) is 20.4. The summed E-state index contributed by atoms with van der Waals surface area (Å²) in [5.41, 5.74) is -0.270. The number of ketones is 1. The Morgan fingerprint density at radius 3 is 2.49 bits per heavy atom. The summed E-state index contributed by atoms with van der Waals surface area (Å²) in [5, 5.41) is 2.05. The van der Waals surface area contributed by atoms with E-state index in [1.54, 1.807) is 20.8 Å². The molecule has 0 aromatic heterocycles. The van der Waals surface area contributed by atoms with Crippen molar-refractivity contribution in [1.29, 1.82) is 0 Å². The highest BCUT2D eigenvalue weighted by atomic mass is 79.9. The maximum Gasteiger partial charge on any atom is 0.358 e. The number of β-lactam (4-membered cyclic amide) rings is 1. The molecule has 2 aliphatic heterocycles. The molecule has 0 aromatic rings. The Labute approximate surface area is 216 Å². The van der Waals surface area contributed by atoms with E-state index in [0.29, 0.717) is 17.9 Å². The number of thioether (sulfide) groups is 1. The van der Waals surface area contributed by atoms with Gasteiger partial charge in [0.15, 0.2) is 5.78 Å². The van der Waals surface area contributed by atoms with Crippen LogP contribution in [0, 0.1) is 5.41 Å². The van der Waals surface area contributed by atoms with Crippen LogP contribution in [0.2, 0.25) is 0 Å². The fourth-order valence-electron chi connectivity index (χ4n) is 3.13.